The van der Waals surface area contributed by atoms with E-state index in [1.807, 2.05) is 13.0 Å². The molecule has 216 valence electrons. The Morgan fingerprint density at radius 1 is 0.868 bits per heavy atom. The predicted octanol–water partition coefficient (Wildman–Crippen LogP) is 6.94. The third-order valence-corrected chi connectivity index (χ3v) is 7.33. The number of rotatable bonds is 6. The molecule has 1 amide bonds. The normalized spacial score (nSPS) is 14.3. The average molecular weight is 633 g/mol. The zero-order valence-electron chi connectivity index (χ0n) is 23.9. The first-order valence-electron chi connectivity index (χ1n) is 13.4. The number of benzene rings is 2. The van der Waals surface area contributed by atoms with Crippen molar-refractivity contribution < 1.29 is 4.79 Å². The Hall–Kier alpha value is -1.31. The van der Waals surface area contributed by atoms with Crippen molar-refractivity contribution >= 4 is 58.0 Å². The van der Waals surface area contributed by atoms with E-state index >= 15 is 0 Å². The molecule has 0 radical (unpaired) electrons. The van der Waals surface area contributed by atoms with Gasteiger partial charge in [-0.25, -0.2) is 0 Å². The van der Waals surface area contributed by atoms with Gasteiger partial charge in [0.15, 0.2) is 0 Å². The molecule has 0 bridgehead atoms. The number of carbonyl (C=O) groups excluding carboxylic acids is 1. The molecule has 2 aromatic rings. The highest BCUT2D eigenvalue weighted by Crippen LogP contribution is 2.22. The monoisotopic (exact) mass is 630 g/mol. The minimum Gasteiger partial charge on any atom is -0.399 e. The smallest absolute Gasteiger partial charge is 0.221 e. The second-order valence-corrected chi connectivity index (χ2v) is 10.9. The van der Waals surface area contributed by atoms with Gasteiger partial charge in [-0.05, 0) is 138 Å². The van der Waals surface area contributed by atoms with Gasteiger partial charge in [0.25, 0.3) is 0 Å². The molecule has 0 unspecified atom stereocenters. The Morgan fingerprint density at radius 3 is 1.95 bits per heavy atom. The fourth-order valence-electron chi connectivity index (χ4n) is 4.65. The maximum absolute atomic E-state index is 11.0. The third-order valence-electron chi connectivity index (χ3n) is 6.94. The predicted molar refractivity (Wildman–Crippen MR) is 174 cm³/mol. The Balaban J connectivity index is 0.000000583. The summed E-state index contributed by atoms with van der Waals surface area (Å²) >= 11 is 3.43. The van der Waals surface area contributed by atoms with Gasteiger partial charge in [-0.2, -0.15) is 0 Å². The van der Waals surface area contributed by atoms with Gasteiger partial charge in [-0.15, -0.1) is 24.8 Å². The molecule has 0 aliphatic carbocycles. The van der Waals surface area contributed by atoms with Crippen LogP contribution in [0.1, 0.15) is 66.0 Å². The lowest BCUT2D eigenvalue weighted by Crippen LogP contribution is -2.22. The summed E-state index contributed by atoms with van der Waals surface area (Å²) in [7, 11) is 0. The highest BCUT2D eigenvalue weighted by Gasteiger charge is 2.12. The Bertz CT molecular complexity index is 970. The first-order valence-corrected chi connectivity index (χ1v) is 14.6. The molecule has 4 N–H and O–H groups in total. The number of nitrogens with one attached hydrogen (secondary N) is 2. The highest BCUT2D eigenvalue weighted by molar-refractivity contribution is 9.09. The Kier molecular flexibility index (Phi) is 19.0. The number of carbonyl (C=O) groups is 1. The summed E-state index contributed by atoms with van der Waals surface area (Å²) in [5.41, 5.74) is 15.4. The van der Waals surface area contributed by atoms with E-state index in [0.29, 0.717) is 0 Å². The minimum atomic E-state index is -0.0225. The zero-order valence-corrected chi connectivity index (χ0v) is 27.1. The number of likely N-dealkylation sites (tertiary alicyclic amines) is 1. The van der Waals surface area contributed by atoms with Gasteiger partial charge in [0, 0.05) is 30.2 Å². The van der Waals surface area contributed by atoms with Crippen LogP contribution in [-0.4, -0.2) is 48.9 Å². The van der Waals surface area contributed by atoms with E-state index in [2.05, 4.69) is 70.4 Å². The van der Waals surface area contributed by atoms with Crippen LogP contribution in [0, 0.1) is 27.7 Å². The van der Waals surface area contributed by atoms with E-state index in [1.54, 1.807) is 0 Å². The lowest BCUT2D eigenvalue weighted by atomic mass is 10.0. The van der Waals surface area contributed by atoms with Crippen molar-refractivity contribution in [2.75, 3.05) is 49.1 Å². The number of hydrogen-bond donors (Lipinski definition) is 3. The van der Waals surface area contributed by atoms with Crippen molar-refractivity contribution in [1.82, 2.24) is 10.2 Å². The van der Waals surface area contributed by atoms with E-state index < -0.39 is 0 Å². The van der Waals surface area contributed by atoms with Crippen molar-refractivity contribution in [3.8, 4) is 0 Å². The van der Waals surface area contributed by atoms with Crippen LogP contribution in [0.3, 0.4) is 0 Å². The standard InChI is InChI=1S/C14H22N2.C12H16BrNO.C4H9N.2ClH/c1-11-10-14(15)12(2)9-13(11)5-8-16-6-3-4-7-16;1-8-7-12(14-10(3)15)9(2)6-11(8)4-5-13;1-2-4-5-3-1;;/h9-10H,3-8,15H2,1-2H3;6-7H,4-5H2,1-3H3,(H,14,15);5H,1-4H2;2*1H. The second-order valence-electron chi connectivity index (χ2n) is 10.1. The summed E-state index contributed by atoms with van der Waals surface area (Å²) in [5.74, 6) is -0.0225. The topological polar surface area (TPSA) is 70.4 Å². The SMILES string of the molecule is C1CCNC1.CC(=O)Nc1cc(C)c(CCBr)cc1C.Cc1cc(CCN2CCCC2)c(C)cc1N.Cl.Cl. The molecular formula is C30H49BrCl2N4O. The molecule has 5 nitrogen and oxygen atoms in total. The maximum Gasteiger partial charge on any atom is 0.221 e. The average Bonchev–Trinajstić information content (AvgIpc) is 3.56. The number of nitrogens with zero attached hydrogens (tertiary/aromatic N) is 1. The fourth-order valence-corrected chi connectivity index (χ4v) is 5.08. The van der Waals surface area contributed by atoms with Crippen molar-refractivity contribution in [1.29, 1.82) is 0 Å². The lowest BCUT2D eigenvalue weighted by Gasteiger charge is -2.16. The number of amides is 1. The molecule has 38 heavy (non-hydrogen) atoms. The molecule has 2 fully saturated rings. The van der Waals surface area contributed by atoms with Crippen LogP contribution in [0.15, 0.2) is 24.3 Å². The largest absolute Gasteiger partial charge is 0.399 e. The van der Waals surface area contributed by atoms with Crippen LogP contribution in [-0.2, 0) is 17.6 Å². The summed E-state index contributed by atoms with van der Waals surface area (Å²) in [4.78, 5) is 13.5. The molecule has 8 heteroatoms. The Labute approximate surface area is 252 Å². The van der Waals surface area contributed by atoms with Crippen LogP contribution in [0.25, 0.3) is 0 Å². The number of aryl methyl sites for hydroxylation is 5. The molecule has 4 rings (SSSR count). The first-order chi connectivity index (χ1) is 17.2. The Morgan fingerprint density at radius 2 is 1.42 bits per heavy atom. The summed E-state index contributed by atoms with van der Waals surface area (Å²) in [5, 5.41) is 7.02. The molecular weight excluding hydrogens is 583 g/mol. The fraction of sp³-hybridized carbons (Fsp3) is 0.567. The third kappa shape index (κ3) is 13.2. The molecule has 0 spiro atoms. The van der Waals surface area contributed by atoms with E-state index in [4.69, 9.17) is 5.73 Å². The van der Waals surface area contributed by atoms with Gasteiger partial charge in [0.1, 0.15) is 0 Å². The highest BCUT2D eigenvalue weighted by atomic mass is 79.9. The van der Waals surface area contributed by atoms with Crippen LogP contribution in [0.2, 0.25) is 0 Å². The number of anilines is 2. The van der Waals surface area contributed by atoms with Gasteiger partial charge >= 0.3 is 0 Å². The first kappa shape index (κ1) is 36.7. The molecule has 2 aliphatic rings. The molecule has 0 saturated carbocycles. The molecule has 0 atom stereocenters. The number of nitrogens with two attached hydrogens (primary N) is 1. The van der Waals surface area contributed by atoms with Crippen LogP contribution < -0.4 is 16.4 Å². The number of nitrogen functional groups attached to an aromatic ring is 1. The molecule has 2 aliphatic heterocycles. The number of halogens is 3. The van der Waals surface area contributed by atoms with E-state index in [-0.39, 0.29) is 30.7 Å². The number of hydrogen-bond acceptors (Lipinski definition) is 4. The summed E-state index contributed by atoms with van der Waals surface area (Å²) in [6.45, 7) is 16.1. The van der Waals surface area contributed by atoms with E-state index in [0.717, 1.165) is 35.1 Å². The van der Waals surface area contributed by atoms with Crippen LogP contribution >= 0.6 is 40.7 Å². The summed E-state index contributed by atoms with van der Waals surface area (Å²) < 4.78 is 0. The minimum absolute atomic E-state index is 0. The van der Waals surface area contributed by atoms with Crippen molar-refractivity contribution in [2.45, 2.75) is 73.1 Å². The van der Waals surface area contributed by atoms with Crippen molar-refractivity contribution in [3.05, 3.63) is 57.6 Å². The van der Waals surface area contributed by atoms with Crippen molar-refractivity contribution in [3.63, 3.8) is 0 Å². The van der Waals surface area contributed by atoms with Gasteiger partial charge in [-0.1, -0.05) is 28.1 Å². The molecule has 0 aromatic heterocycles. The van der Waals surface area contributed by atoms with E-state index in [1.165, 1.54) is 93.1 Å². The van der Waals surface area contributed by atoms with Gasteiger partial charge < -0.3 is 21.3 Å². The number of alkyl halides is 1. The van der Waals surface area contributed by atoms with Crippen LogP contribution in [0.5, 0.6) is 0 Å². The quantitative estimate of drug-likeness (QED) is 0.239. The molecule has 2 heterocycles. The van der Waals surface area contributed by atoms with Gasteiger partial charge in [-0.3, -0.25) is 4.79 Å². The zero-order chi connectivity index (χ0) is 26.5. The lowest BCUT2D eigenvalue weighted by molar-refractivity contribution is -0.114. The van der Waals surface area contributed by atoms with Crippen LogP contribution in [0.4, 0.5) is 11.4 Å². The second kappa shape index (κ2) is 19.7. The molecule has 2 saturated heterocycles. The van der Waals surface area contributed by atoms with Crippen molar-refractivity contribution in [2.24, 2.45) is 0 Å². The van der Waals surface area contributed by atoms with Gasteiger partial charge in [0.05, 0.1) is 0 Å². The maximum atomic E-state index is 11.0. The van der Waals surface area contributed by atoms with E-state index in [9.17, 15) is 4.79 Å². The molecule has 2 aromatic carbocycles. The summed E-state index contributed by atoms with van der Waals surface area (Å²) in [6.07, 6.45) is 7.71. The van der Waals surface area contributed by atoms with Gasteiger partial charge in [0.2, 0.25) is 5.91 Å². The summed E-state index contributed by atoms with van der Waals surface area (Å²) in [6, 6.07) is 8.53.